The molecule has 0 aromatic heterocycles. The second kappa shape index (κ2) is 9.57. The van der Waals surface area contributed by atoms with Crippen molar-refractivity contribution in [2.24, 2.45) is 0 Å². The third kappa shape index (κ3) is 7.62. The van der Waals surface area contributed by atoms with Gasteiger partial charge in [-0.05, 0) is 30.5 Å². The Hall–Kier alpha value is 1.35. The molecule has 0 bridgehead atoms. The zero-order valence-corrected chi connectivity index (χ0v) is 13.0. The van der Waals surface area contributed by atoms with Gasteiger partial charge in [0.15, 0.2) is 0 Å². The van der Waals surface area contributed by atoms with E-state index in [0.29, 0.717) is 0 Å². The lowest BCUT2D eigenvalue weighted by molar-refractivity contribution is 0.898. The molecule has 0 nitrogen and oxygen atoms in total. The highest BCUT2D eigenvalue weighted by molar-refractivity contribution is 9.00. The second-order valence-electron chi connectivity index (χ2n) is 3.30. The van der Waals surface area contributed by atoms with Crippen LogP contribution in [0.25, 0.3) is 0 Å². The molecule has 0 aromatic carbocycles. The average molecular weight is 270 g/mol. The number of hydrogen-bond acceptors (Lipinski definition) is 3. The highest BCUT2D eigenvalue weighted by Gasteiger charge is 2.14. The van der Waals surface area contributed by atoms with E-state index in [9.17, 15) is 0 Å². The van der Waals surface area contributed by atoms with E-state index in [0.717, 1.165) is 0 Å². The molecule has 0 saturated heterocycles. The summed E-state index contributed by atoms with van der Waals surface area (Å²) in [6, 6.07) is 0. The first-order valence-electron chi connectivity index (χ1n) is 5.56. The van der Waals surface area contributed by atoms with E-state index in [1.165, 1.54) is 43.4 Å². The Labute approximate surface area is 103 Å². The van der Waals surface area contributed by atoms with Crippen LogP contribution in [0, 0.1) is 0 Å². The fourth-order valence-corrected chi connectivity index (χ4v) is 9.86. The summed E-state index contributed by atoms with van der Waals surface area (Å²) < 4.78 is -1.09. The van der Waals surface area contributed by atoms with E-state index in [4.69, 9.17) is 11.8 Å². The highest BCUT2D eigenvalue weighted by Crippen LogP contribution is 2.69. The fraction of sp³-hybridized carbons (Fsp3) is 1.00. The van der Waals surface area contributed by atoms with E-state index >= 15 is 0 Å². The van der Waals surface area contributed by atoms with Crippen molar-refractivity contribution in [3.63, 3.8) is 0 Å². The van der Waals surface area contributed by atoms with Crippen molar-refractivity contribution < 1.29 is 0 Å². The molecule has 0 heterocycles. The van der Waals surface area contributed by atoms with Crippen LogP contribution in [0.3, 0.4) is 0 Å². The Balaban J connectivity index is 3.74. The summed E-state index contributed by atoms with van der Waals surface area (Å²) in [4.78, 5) is 0. The third-order valence-corrected chi connectivity index (χ3v) is 14.0. The van der Waals surface area contributed by atoms with Crippen molar-refractivity contribution in [2.75, 3.05) is 17.7 Å². The van der Waals surface area contributed by atoms with Crippen LogP contribution in [0.2, 0.25) is 0 Å². The first-order chi connectivity index (χ1) is 6.68. The van der Waals surface area contributed by atoms with Crippen molar-refractivity contribution in [3.8, 4) is 0 Å². The van der Waals surface area contributed by atoms with Gasteiger partial charge in [-0.1, -0.05) is 45.4 Å². The largest absolute Gasteiger partial charge is 0.114 e. The zero-order chi connectivity index (χ0) is 10.9. The lowest BCUT2D eigenvalue weighted by Crippen LogP contribution is -1.83. The molecule has 0 radical (unpaired) electrons. The SMILES string of the molecule is CCCCSP(=S)(CC)SCCCC. The number of hydrogen-bond donors (Lipinski definition) is 0. The maximum Gasteiger partial charge on any atom is 0.0569 e. The number of rotatable bonds is 9. The standard InChI is InChI=1S/C10H23PS3/c1-4-7-9-13-11(12,6-3)14-10-8-5-2/h4-10H2,1-3H3. The molecule has 0 saturated carbocycles. The molecule has 0 spiro atoms. The van der Waals surface area contributed by atoms with Crippen molar-refractivity contribution in [2.45, 2.75) is 46.5 Å². The maximum atomic E-state index is 5.77. The molecule has 14 heavy (non-hydrogen) atoms. The molecular formula is C10H23PS3. The van der Waals surface area contributed by atoms with Crippen LogP contribution >= 0.6 is 27.2 Å². The predicted molar refractivity (Wildman–Crippen MR) is 79.6 cm³/mol. The van der Waals surface area contributed by atoms with Gasteiger partial charge in [0.2, 0.25) is 0 Å². The van der Waals surface area contributed by atoms with Gasteiger partial charge in [-0.25, -0.2) is 0 Å². The Kier molecular flexibility index (Phi) is 10.5. The van der Waals surface area contributed by atoms with Crippen LogP contribution < -0.4 is 0 Å². The topological polar surface area (TPSA) is 0 Å². The molecule has 0 amide bonds. The summed E-state index contributed by atoms with van der Waals surface area (Å²) in [6.45, 7) is 6.76. The van der Waals surface area contributed by atoms with E-state index in [1.807, 2.05) is 0 Å². The molecule has 0 aliphatic rings. The van der Waals surface area contributed by atoms with E-state index < -0.39 is 4.44 Å². The quantitative estimate of drug-likeness (QED) is 0.407. The van der Waals surface area contributed by atoms with Crippen molar-refractivity contribution in [1.29, 1.82) is 0 Å². The summed E-state index contributed by atoms with van der Waals surface area (Å²) in [7, 11) is 0. The van der Waals surface area contributed by atoms with Crippen molar-refractivity contribution in [1.82, 2.24) is 0 Å². The third-order valence-electron chi connectivity index (χ3n) is 1.96. The molecule has 0 aliphatic heterocycles. The van der Waals surface area contributed by atoms with E-state index in [2.05, 4.69) is 43.5 Å². The monoisotopic (exact) mass is 270 g/mol. The summed E-state index contributed by atoms with van der Waals surface area (Å²) in [5.41, 5.74) is 0. The number of unbranched alkanes of at least 4 members (excludes halogenated alkanes) is 2. The van der Waals surface area contributed by atoms with Gasteiger partial charge in [0, 0.05) is 0 Å². The molecular weight excluding hydrogens is 247 g/mol. The first kappa shape index (κ1) is 15.3. The summed E-state index contributed by atoms with van der Waals surface area (Å²) in [5.74, 6) is 2.56. The van der Waals surface area contributed by atoms with Gasteiger partial charge in [0.05, 0.1) is 4.44 Å². The molecule has 0 aromatic rings. The molecule has 0 aliphatic carbocycles. The molecule has 0 unspecified atom stereocenters. The van der Waals surface area contributed by atoms with Crippen LogP contribution in [-0.4, -0.2) is 17.7 Å². The lowest BCUT2D eigenvalue weighted by atomic mass is 10.4. The van der Waals surface area contributed by atoms with Crippen molar-refractivity contribution in [3.05, 3.63) is 0 Å². The zero-order valence-electron chi connectivity index (χ0n) is 9.62. The van der Waals surface area contributed by atoms with Crippen LogP contribution in [0.15, 0.2) is 0 Å². The van der Waals surface area contributed by atoms with Crippen LogP contribution in [0.4, 0.5) is 0 Å². The Bertz CT molecular complexity index is 157. The minimum atomic E-state index is -1.09. The van der Waals surface area contributed by atoms with Gasteiger partial charge in [-0.15, -0.1) is 22.8 Å². The summed E-state index contributed by atoms with van der Waals surface area (Å²) >= 11 is 9.94. The van der Waals surface area contributed by atoms with E-state index in [-0.39, 0.29) is 0 Å². The Morgan fingerprint density at radius 1 is 0.929 bits per heavy atom. The van der Waals surface area contributed by atoms with E-state index in [1.54, 1.807) is 0 Å². The molecule has 0 N–H and O–H groups in total. The Morgan fingerprint density at radius 3 is 1.64 bits per heavy atom. The second-order valence-corrected chi connectivity index (χ2v) is 15.7. The maximum absolute atomic E-state index is 5.77. The average Bonchev–Trinajstić information content (AvgIpc) is 2.19. The van der Waals surface area contributed by atoms with Gasteiger partial charge in [0.25, 0.3) is 0 Å². The highest BCUT2D eigenvalue weighted by atomic mass is 33.2. The molecule has 0 atom stereocenters. The van der Waals surface area contributed by atoms with Gasteiger partial charge >= 0.3 is 0 Å². The molecule has 86 valence electrons. The van der Waals surface area contributed by atoms with Crippen molar-refractivity contribution >= 4 is 39.0 Å². The fourth-order valence-electron chi connectivity index (χ4n) is 0.916. The van der Waals surface area contributed by atoms with Gasteiger partial charge in [-0.2, -0.15) is 0 Å². The normalized spacial score (nSPS) is 11.9. The van der Waals surface area contributed by atoms with Crippen LogP contribution in [-0.2, 0) is 11.8 Å². The van der Waals surface area contributed by atoms with Crippen LogP contribution in [0.1, 0.15) is 46.5 Å². The molecule has 4 heteroatoms. The lowest BCUT2D eigenvalue weighted by Gasteiger charge is -2.18. The summed E-state index contributed by atoms with van der Waals surface area (Å²) in [5, 5.41) is 0. The summed E-state index contributed by atoms with van der Waals surface area (Å²) in [6.07, 6.45) is 6.47. The minimum Gasteiger partial charge on any atom is -0.114 e. The van der Waals surface area contributed by atoms with Gasteiger partial charge < -0.3 is 0 Å². The van der Waals surface area contributed by atoms with Gasteiger partial charge in [-0.3, -0.25) is 0 Å². The molecule has 0 rings (SSSR count). The minimum absolute atomic E-state index is 1.09. The Morgan fingerprint density at radius 2 is 1.36 bits per heavy atom. The smallest absolute Gasteiger partial charge is 0.0569 e. The van der Waals surface area contributed by atoms with Crippen LogP contribution in [0.5, 0.6) is 0 Å². The van der Waals surface area contributed by atoms with Gasteiger partial charge in [0.1, 0.15) is 0 Å². The first-order valence-corrected chi connectivity index (χ1v) is 11.7. The predicted octanol–water partition coefficient (Wildman–Crippen LogP) is 5.38. The molecule has 0 fully saturated rings.